The summed E-state index contributed by atoms with van der Waals surface area (Å²) in [5.41, 5.74) is 0.506. The predicted octanol–water partition coefficient (Wildman–Crippen LogP) is 3.54. The van der Waals surface area contributed by atoms with E-state index in [2.05, 4.69) is 29.8 Å². The summed E-state index contributed by atoms with van der Waals surface area (Å²) in [6, 6.07) is 0. The molecule has 0 bridgehead atoms. The predicted molar refractivity (Wildman–Crippen MR) is 79.9 cm³/mol. The number of hydrogen-bond acceptors (Lipinski definition) is 3. The van der Waals surface area contributed by atoms with Gasteiger partial charge in [0.1, 0.15) is 0 Å². The van der Waals surface area contributed by atoms with Crippen LogP contribution in [-0.2, 0) is 14.2 Å². The Hall–Kier alpha value is 0.360. The first-order valence-electron chi connectivity index (χ1n) is 7.42. The van der Waals surface area contributed by atoms with Gasteiger partial charge in [-0.1, -0.05) is 29.8 Å². The summed E-state index contributed by atoms with van der Waals surface area (Å²) in [5.74, 6) is 0. The lowest BCUT2D eigenvalue weighted by Crippen LogP contribution is -2.52. The zero-order chi connectivity index (χ0) is 13.9. The van der Waals surface area contributed by atoms with Gasteiger partial charge in [0, 0.05) is 11.9 Å². The molecule has 0 aromatic heterocycles. The van der Waals surface area contributed by atoms with Crippen LogP contribution in [0.2, 0.25) is 0 Å². The highest BCUT2D eigenvalue weighted by atomic mass is 79.9. The van der Waals surface area contributed by atoms with Crippen molar-refractivity contribution in [3.05, 3.63) is 0 Å². The molecule has 2 fully saturated rings. The molecule has 0 saturated heterocycles. The molecule has 0 aromatic rings. The molecule has 19 heavy (non-hydrogen) atoms. The third kappa shape index (κ3) is 4.42. The summed E-state index contributed by atoms with van der Waals surface area (Å²) in [4.78, 5) is 0.439. The minimum atomic E-state index is 0.199. The van der Waals surface area contributed by atoms with Gasteiger partial charge < -0.3 is 14.2 Å². The Morgan fingerprint density at radius 3 is 2.42 bits per heavy atom. The molecule has 2 aliphatic rings. The Kier molecular flexibility index (Phi) is 5.70. The van der Waals surface area contributed by atoms with Crippen molar-refractivity contribution in [2.75, 3.05) is 20.3 Å². The Bertz CT molecular complexity index is 273. The van der Waals surface area contributed by atoms with Crippen molar-refractivity contribution in [2.24, 2.45) is 5.41 Å². The van der Waals surface area contributed by atoms with E-state index in [1.807, 2.05) is 0 Å². The highest BCUT2D eigenvalue weighted by Crippen LogP contribution is 2.40. The molecule has 0 heterocycles. The average molecular weight is 335 g/mol. The van der Waals surface area contributed by atoms with Gasteiger partial charge in [0.25, 0.3) is 0 Å². The standard InChI is InChI=1S/C15H27BrO3/c1-15(2)6-4-11(5-7-15)19-13-10-12(16)14(13)18-9-8-17-3/h11-14H,4-10H2,1-3H3. The van der Waals surface area contributed by atoms with Crippen LogP contribution >= 0.6 is 15.9 Å². The highest BCUT2D eigenvalue weighted by Gasteiger charge is 2.43. The van der Waals surface area contributed by atoms with Crippen LogP contribution in [0.3, 0.4) is 0 Å². The first-order valence-corrected chi connectivity index (χ1v) is 8.33. The monoisotopic (exact) mass is 334 g/mol. The lowest BCUT2D eigenvalue weighted by Gasteiger charge is -2.44. The average Bonchev–Trinajstić information content (AvgIpc) is 2.36. The van der Waals surface area contributed by atoms with Crippen LogP contribution in [0.4, 0.5) is 0 Å². The molecule has 0 N–H and O–H groups in total. The second kappa shape index (κ2) is 6.88. The summed E-state index contributed by atoms with van der Waals surface area (Å²) >= 11 is 3.66. The maximum atomic E-state index is 6.24. The second-order valence-corrected chi connectivity index (χ2v) is 7.79. The molecule has 3 unspecified atom stereocenters. The van der Waals surface area contributed by atoms with Gasteiger partial charge in [-0.05, 0) is 37.5 Å². The number of methoxy groups -OCH3 is 1. The van der Waals surface area contributed by atoms with Gasteiger partial charge in [0.2, 0.25) is 0 Å². The molecule has 0 amide bonds. The minimum Gasteiger partial charge on any atom is -0.382 e. The lowest BCUT2D eigenvalue weighted by molar-refractivity contribution is -0.158. The van der Waals surface area contributed by atoms with E-state index >= 15 is 0 Å². The van der Waals surface area contributed by atoms with Gasteiger partial charge in [-0.15, -0.1) is 0 Å². The first kappa shape index (κ1) is 15.7. The van der Waals surface area contributed by atoms with Crippen LogP contribution in [0.25, 0.3) is 0 Å². The molecule has 0 aromatic carbocycles. The van der Waals surface area contributed by atoms with Crippen molar-refractivity contribution in [1.29, 1.82) is 0 Å². The summed E-state index contributed by atoms with van der Waals surface area (Å²) in [7, 11) is 1.70. The SMILES string of the molecule is COCCOC1C(Br)CC1OC1CCC(C)(C)CC1. The van der Waals surface area contributed by atoms with E-state index in [-0.39, 0.29) is 12.2 Å². The van der Waals surface area contributed by atoms with Crippen molar-refractivity contribution in [2.45, 2.75) is 69.1 Å². The Morgan fingerprint density at radius 1 is 1.16 bits per heavy atom. The lowest BCUT2D eigenvalue weighted by atomic mass is 9.76. The molecule has 2 saturated carbocycles. The van der Waals surface area contributed by atoms with Gasteiger partial charge in [-0.25, -0.2) is 0 Å². The maximum Gasteiger partial charge on any atom is 0.0963 e. The van der Waals surface area contributed by atoms with E-state index in [1.54, 1.807) is 7.11 Å². The molecule has 4 heteroatoms. The largest absolute Gasteiger partial charge is 0.382 e. The molecule has 2 rings (SSSR count). The van der Waals surface area contributed by atoms with Crippen LogP contribution in [-0.4, -0.2) is 43.5 Å². The van der Waals surface area contributed by atoms with Crippen LogP contribution < -0.4 is 0 Å². The summed E-state index contributed by atoms with van der Waals surface area (Å²) in [6.45, 7) is 6.02. The Morgan fingerprint density at radius 2 is 1.84 bits per heavy atom. The highest BCUT2D eigenvalue weighted by molar-refractivity contribution is 9.09. The first-order chi connectivity index (χ1) is 9.02. The van der Waals surface area contributed by atoms with Crippen molar-refractivity contribution < 1.29 is 14.2 Å². The zero-order valence-corrected chi connectivity index (χ0v) is 13.9. The number of halogens is 1. The molecule has 0 aliphatic heterocycles. The molecule has 3 nitrogen and oxygen atoms in total. The molecule has 3 atom stereocenters. The summed E-state index contributed by atoms with van der Waals surface area (Å²) < 4.78 is 17.1. The van der Waals surface area contributed by atoms with Crippen LogP contribution in [0.15, 0.2) is 0 Å². The Labute approximate surface area is 125 Å². The van der Waals surface area contributed by atoms with Crippen molar-refractivity contribution in [3.63, 3.8) is 0 Å². The van der Waals surface area contributed by atoms with Crippen molar-refractivity contribution in [1.82, 2.24) is 0 Å². The van der Waals surface area contributed by atoms with Gasteiger partial charge in [-0.2, -0.15) is 0 Å². The van der Waals surface area contributed by atoms with Gasteiger partial charge in [0.15, 0.2) is 0 Å². The zero-order valence-electron chi connectivity index (χ0n) is 12.4. The third-order valence-electron chi connectivity index (χ3n) is 4.43. The van der Waals surface area contributed by atoms with Gasteiger partial charge in [-0.3, -0.25) is 0 Å². The molecule has 112 valence electrons. The second-order valence-electron chi connectivity index (χ2n) is 6.62. The van der Waals surface area contributed by atoms with Crippen molar-refractivity contribution >= 4 is 15.9 Å². The summed E-state index contributed by atoms with van der Waals surface area (Å²) in [6.07, 6.45) is 6.92. The van der Waals surface area contributed by atoms with Crippen LogP contribution in [0, 0.1) is 5.41 Å². The molecule has 0 radical (unpaired) electrons. The molecule has 0 spiro atoms. The van der Waals surface area contributed by atoms with E-state index in [9.17, 15) is 0 Å². The van der Waals surface area contributed by atoms with E-state index in [4.69, 9.17) is 14.2 Å². The third-order valence-corrected chi connectivity index (χ3v) is 5.33. The van der Waals surface area contributed by atoms with Crippen molar-refractivity contribution in [3.8, 4) is 0 Å². The fraction of sp³-hybridized carbons (Fsp3) is 1.00. The van der Waals surface area contributed by atoms with Gasteiger partial charge in [0.05, 0.1) is 31.5 Å². The molecular weight excluding hydrogens is 308 g/mol. The minimum absolute atomic E-state index is 0.199. The topological polar surface area (TPSA) is 27.7 Å². The maximum absolute atomic E-state index is 6.24. The van der Waals surface area contributed by atoms with Crippen LogP contribution in [0.1, 0.15) is 46.0 Å². The van der Waals surface area contributed by atoms with E-state index in [0.29, 0.717) is 29.6 Å². The fourth-order valence-electron chi connectivity index (χ4n) is 2.90. The number of ether oxygens (including phenoxy) is 3. The number of hydrogen-bond donors (Lipinski definition) is 0. The normalized spacial score (nSPS) is 35.1. The molecular formula is C15H27BrO3. The Balaban J connectivity index is 1.71. The quantitative estimate of drug-likeness (QED) is 0.549. The number of rotatable bonds is 6. The van der Waals surface area contributed by atoms with E-state index < -0.39 is 0 Å². The smallest absolute Gasteiger partial charge is 0.0963 e. The van der Waals surface area contributed by atoms with E-state index in [1.165, 1.54) is 25.7 Å². The van der Waals surface area contributed by atoms with E-state index in [0.717, 1.165) is 6.42 Å². The molecule has 2 aliphatic carbocycles. The van der Waals surface area contributed by atoms with Crippen LogP contribution in [0.5, 0.6) is 0 Å². The fourth-order valence-corrected chi connectivity index (χ4v) is 3.76. The number of alkyl halides is 1. The summed E-state index contributed by atoms with van der Waals surface area (Å²) in [5, 5.41) is 0. The van der Waals surface area contributed by atoms with Gasteiger partial charge >= 0.3 is 0 Å².